The SMILES string of the molecule is CCCN(C(CC)C(=O)Nc1c(C)cccc1C)C(C)(C)C. The maximum atomic E-state index is 12.9. The van der Waals surface area contributed by atoms with Crippen LogP contribution in [-0.4, -0.2) is 28.9 Å². The Labute approximate surface area is 136 Å². The first-order chi connectivity index (χ1) is 10.2. The Morgan fingerprint density at radius 3 is 2.14 bits per heavy atom. The van der Waals surface area contributed by atoms with Gasteiger partial charge in [0.15, 0.2) is 0 Å². The quantitative estimate of drug-likeness (QED) is 0.837. The average molecular weight is 304 g/mol. The first-order valence-electron chi connectivity index (χ1n) is 8.36. The van der Waals surface area contributed by atoms with Gasteiger partial charge in [-0.1, -0.05) is 32.0 Å². The Morgan fingerprint density at radius 2 is 1.73 bits per heavy atom. The van der Waals surface area contributed by atoms with Crippen molar-refractivity contribution in [2.45, 2.75) is 72.9 Å². The molecule has 0 aliphatic carbocycles. The molecule has 0 saturated carbocycles. The van der Waals surface area contributed by atoms with Gasteiger partial charge in [0.25, 0.3) is 0 Å². The van der Waals surface area contributed by atoms with Crippen molar-refractivity contribution in [1.82, 2.24) is 4.90 Å². The Bertz CT molecular complexity index is 482. The maximum absolute atomic E-state index is 12.9. The van der Waals surface area contributed by atoms with E-state index in [9.17, 15) is 4.79 Å². The van der Waals surface area contributed by atoms with Crippen LogP contribution < -0.4 is 5.32 Å². The van der Waals surface area contributed by atoms with E-state index in [-0.39, 0.29) is 17.5 Å². The van der Waals surface area contributed by atoms with Gasteiger partial charge in [-0.25, -0.2) is 0 Å². The molecule has 22 heavy (non-hydrogen) atoms. The molecule has 0 aliphatic heterocycles. The lowest BCUT2D eigenvalue weighted by molar-refractivity contribution is -0.123. The van der Waals surface area contributed by atoms with E-state index in [0.29, 0.717) is 0 Å². The Kier molecular flexibility index (Phi) is 6.61. The molecule has 3 heteroatoms. The second-order valence-electron chi connectivity index (χ2n) is 7.04. The smallest absolute Gasteiger partial charge is 0.241 e. The highest BCUT2D eigenvalue weighted by Crippen LogP contribution is 2.23. The van der Waals surface area contributed by atoms with Crippen molar-refractivity contribution in [2.24, 2.45) is 0 Å². The molecule has 1 N–H and O–H groups in total. The van der Waals surface area contributed by atoms with Crippen LogP contribution in [-0.2, 0) is 4.79 Å². The van der Waals surface area contributed by atoms with Gasteiger partial charge in [0.1, 0.15) is 0 Å². The number of benzene rings is 1. The van der Waals surface area contributed by atoms with Crippen LogP contribution in [0.4, 0.5) is 5.69 Å². The second-order valence-corrected chi connectivity index (χ2v) is 7.04. The molecule has 0 spiro atoms. The number of para-hydroxylation sites is 1. The molecule has 0 saturated heterocycles. The number of hydrogen-bond acceptors (Lipinski definition) is 2. The van der Waals surface area contributed by atoms with Gasteiger partial charge >= 0.3 is 0 Å². The van der Waals surface area contributed by atoms with Gasteiger partial charge < -0.3 is 5.32 Å². The molecule has 1 rings (SSSR count). The lowest BCUT2D eigenvalue weighted by atomic mass is 9.99. The van der Waals surface area contributed by atoms with Crippen LogP contribution in [0.5, 0.6) is 0 Å². The fraction of sp³-hybridized carbons (Fsp3) is 0.632. The van der Waals surface area contributed by atoms with Crippen molar-refractivity contribution >= 4 is 11.6 Å². The number of nitrogens with one attached hydrogen (secondary N) is 1. The van der Waals surface area contributed by atoms with Crippen LogP contribution >= 0.6 is 0 Å². The number of hydrogen-bond donors (Lipinski definition) is 1. The molecule has 0 fully saturated rings. The average Bonchev–Trinajstić information content (AvgIpc) is 2.42. The molecule has 124 valence electrons. The first-order valence-corrected chi connectivity index (χ1v) is 8.36. The van der Waals surface area contributed by atoms with Gasteiger partial charge in [-0.3, -0.25) is 9.69 Å². The van der Waals surface area contributed by atoms with Crippen molar-refractivity contribution in [3.8, 4) is 0 Å². The van der Waals surface area contributed by atoms with Crippen LogP contribution in [0.15, 0.2) is 18.2 Å². The fourth-order valence-electron chi connectivity index (χ4n) is 2.97. The van der Waals surface area contributed by atoms with Crippen LogP contribution in [0.2, 0.25) is 0 Å². The number of anilines is 1. The molecule has 1 unspecified atom stereocenters. The van der Waals surface area contributed by atoms with Crippen LogP contribution in [0.25, 0.3) is 0 Å². The third-order valence-corrected chi connectivity index (χ3v) is 4.12. The summed E-state index contributed by atoms with van der Waals surface area (Å²) in [6, 6.07) is 6.00. The molecule has 1 atom stereocenters. The standard InChI is InChI=1S/C19H32N2O/c1-8-13-21(19(5,6)7)16(9-2)18(22)20-17-14(3)11-10-12-15(17)4/h10-12,16H,8-9,13H2,1-7H3,(H,20,22). The fourth-order valence-corrected chi connectivity index (χ4v) is 2.97. The number of aryl methyl sites for hydroxylation is 2. The lowest BCUT2D eigenvalue weighted by Crippen LogP contribution is -2.53. The molecular formula is C19H32N2O. The lowest BCUT2D eigenvalue weighted by Gasteiger charge is -2.40. The van der Waals surface area contributed by atoms with E-state index in [4.69, 9.17) is 0 Å². The van der Waals surface area contributed by atoms with E-state index >= 15 is 0 Å². The molecule has 0 bridgehead atoms. The van der Waals surface area contributed by atoms with Crippen molar-refractivity contribution < 1.29 is 4.79 Å². The van der Waals surface area contributed by atoms with Gasteiger partial charge in [-0.15, -0.1) is 0 Å². The molecule has 3 nitrogen and oxygen atoms in total. The third-order valence-electron chi connectivity index (χ3n) is 4.12. The first kappa shape index (κ1) is 18.7. The summed E-state index contributed by atoms with van der Waals surface area (Å²) < 4.78 is 0. The van der Waals surface area contributed by atoms with Gasteiger partial charge in [0.2, 0.25) is 5.91 Å². The Morgan fingerprint density at radius 1 is 1.18 bits per heavy atom. The highest BCUT2D eigenvalue weighted by atomic mass is 16.2. The summed E-state index contributed by atoms with van der Waals surface area (Å²) in [6.07, 6.45) is 1.86. The molecule has 0 aliphatic rings. The minimum absolute atomic E-state index is 0.0190. The van der Waals surface area contributed by atoms with Crippen molar-refractivity contribution in [3.05, 3.63) is 29.3 Å². The zero-order valence-electron chi connectivity index (χ0n) is 15.3. The molecule has 1 aromatic carbocycles. The van der Waals surface area contributed by atoms with E-state index < -0.39 is 0 Å². The van der Waals surface area contributed by atoms with E-state index in [1.807, 2.05) is 32.0 Å². The highest BCUT2D eigenvalue weighted by Gasteiger charge is 2.32. The largest absolute Gasteiger partial charge is 0.324 e. The number of amides is 1. The molecular weight excluding hydrogens is 272 g/mol. The summed E-state index contributed by atoms with van der Waals surface area (Å²) >= 11 is 0. The number of rotatable bonds is 6. The van der Waals surface area contributed by atoms with Crippen LogP contribution in [0, 0.1) is 13.8 Å². The maximum Gasteiger partial charge on any atom is 0.241 e. The van der Waals surface area contributed by atoms with E-state index in [2.05, 4.69) is 44.8 Å². The summed E-state index contributed by atoms with van der Waals surface area (Å²) in [5.74, 6) is 0.100. The van der Waals surface area contributed by atoms with E-state index in [0.717, 1.165) is 36.2 Å². The van der Waals surface area contributed by atoms with Crippen molar-refractivity contribution in [2.75, 3.05) is 11.9 Å². The van der Waals surface area contributed by atoms with Crippen LogP contribution in [0.1, 0.15) is 58.6 Å². The minimum atomic E-state index is -0.0982. The topological polar surface area (TPSA) is 32.3 Å². The summed E-state index contributed by atoms with van der Waals surface area (Å²) in [4.78, 5) is 15.2. The summed E-state index contributed by atoms with van der Waals surface area (Å²) in [7, 11) is 0. The normalized spacial score (nSPS) is 13.3. The van der Waals surface area contributed by atoms with Crippen LogP contribution in [0.3, 0.4) is 0 Å². The number of carbonyl (C=O) groups excluding carboxylic acids is 1. The second kappa shape index (κ2) is 7.77. The molecule has 1 amide bonds. The molecule has 1 aromatic rings. The van der Waals surface area contributed by atoms with Crippen molar-refractivity contribution in [3.63, 3.8) is 0 Å². The van der Waals surface area contributed by atoms with Gasteiger partial charge in [-0.05, 0) is 65.1 Å². The molecule has 0 aromatic heterocycles. The summed E-state index contributed by atoms with van der Waals surface area (Å²) in [5.41, 5.74) is 3.16. The molecule has 0 heterocycles. The summed E-state index contributed by atoms with van der Waals surface area (Å²) in [6.45, 7) is 15.8. The monoisotopic (exact) mass is 304 g/mol. The predicted octanol–water partition coefficient (Wildman–Crippen LogP) is 4.53. The van der Waals surface area contributed by atoms with Gasteiger partial charge in [0, 0.05) is 11.2 Å². The minimum Gasteiger partial charge on any atom is -0.324 e. The van der Waals surface area contributed by atoms with Gasteiger partial charge in [0.05, 0.1) is 6.04 Å². The molecule has 0 radical (unpaired) electrons. The van der Waals surface area contributed by atoms with Gasteiger partial charge in [-0.2, -0.15) is 0 Å². The Balaban J connectivity index is 3.01. The zero-order valence-corrected chi connectivity index (χ0v) is 15.3. The highest BCUT2D eigenvalue weighted by molar-refractivity contribution is 5.96. The third kappa shape index (κ3) is 4.57. The van der Waals surface area contributed by atoms with E-state index in [1.165, 1.54) is 0 Å². The van der Waals surface area contributed by atoms with E-state index in [1.54, 1.807) is 0 Å². The Hall–Kier alpha value is -1.35. The predicted molar refractivity (Wildman–Crippen MR) is 95.4 cm³/mol. The summed E-state index contributed by atoms with van der Waals surface area (Å²) in [5, 5.41) is 3.16. The number of nitrogens with zero attached hydrogens (tertiary/aromatic N) is 1. The van der Waals surface area contributed by atoms with Crippen molar-refractivity contribution in [1.29, 1.82) is 0 Å². The number of carbonyl (C=O) groups is 1. The zero-order chi connectivity index (χ0) is 16.9.